The van der Waals surface area contributed by atoms with Crippen LogP contribution in [-0.2, 0) is 19.1 Å². The Labute approximate surface area is 176 Å². The third-order valence-electron chi connectivity index (χ3n) is 5.93. The average molecular weight is 416 g/mol. The van der Waals surface area contributed by atoms with Crippen LogP contribution in [0, 0.1) is 12.3 Å². The number of allylic oxidation sites excluding steroid dienone is 3. The van der Waals surface area contributed by atoms with Crippen LogP contribution in [0.2, 0.25) is 0 Å². The minimum Gasteiger partial charge on any atom is -0.459 e. The zero-order valence-electron chi connectivity index (χ0n) is 17.6. The summed E-state index contributed by atoms with van der Waals surface area (Å²) in [5.74, 6) is -0.590. The van der Waals surface area contributed by atoms with E-state index in [-0.39, 0.29) is 35.8 Å². The van der Waals surface area contributed by atoms with Gasteiger partial charge in [-0.25, -0.2) is 4.79 Å². The smallest absolute Gasteiger partial charge is 0.336 e. The normalized spacial score (nSPS) is 26.4. The number of ketones is 1. The van der Waals surface area contributed by atoms with Crippen LogP contribution in [0.3, 0.4) is 0 Å². The van der Waals surface area contributed by atoms with Crippen molar-refractivity contribution in [1.29, 1.82) is 0 Å². The van der Waals surface area contributed by atoms with E-state index in [9.17, 15) is 9.59 Å². The Bertz CT molecular complexity index is 902. The number of carbonyl (C=O) groups excluding carboxylic acids is 2. The summed E-state index contributed by atoms with van der Waals surface area (Å²) in [4.78, 5) is 28.5. The number of nitrogens with one attached hydrogen (secondary N) is 1. The molecule has 0 spiro atoms. The van der Waals surface area contributed by atoms with Crippen molar-refractivity contribution in [1.82, 2.24) is 5.32 Å². The monoisotopic (exact) mass is 415 g/mol. The van der Waals surface area contributed by atoms with E-state index < -0.39 is 0 Å². The topological polar surface area (TPSA) is 64.6 Å². The Kier molecular flexibility index (Phi) is 5.42. The van der Waals surface area contributed by atoms with Crippen LogP contribution in [0.5, 0.6) is 0 Å². The Balaban J connectivity index is 1.69. The highest BCUT2D eigenvalue weighted by atomic mass is 32.1. The number of hydrogen-bond acceptors (Lipinski definition) is 6. The molecular weight excluding hydrogens is 386 g/mol. The standard InChI is InChI=1S/C23H29NO4S/c1-13-7-8-18(29-13)21-19(22(26)28-12-15-6-5-9-27-15)14(2)24-16-10-23(3,4)11-17(25)20(16)21/h7-8,15,21,24H,5-6,9-12H2,1-4H3/t15-,21-/m1/s1. The number of carbonyl (C=O) groups is 2. The molecule has 3 aliphatic rings. The van der Waals surface area contributed by atoms with Gasteiger partial charge in [0, 0.05) is 39.7 Å². The number of ether oxygens (including phenoxy) is 2. The van der Waals surface area contributed by atoms with Gasteiger partial charge < -0.3 is 14.8 Å². The highest BCUT2D eigenvalue weighted by molar-refractivity contribution is 7.12. The van der Waals surface area contributed by atoms with E-state index in [1.807, 2.05) is 26.0 Å². The molecule has 4 rings (SSSR count). The maximum atomic E-state index is 13.2. The molecule has 0 unspecified atom stereocenters. The van der Waals surface area contributed by atoms with E-state index in [0.717, 1.165) is 52.6 Å². The molecule has 1 saturated heterocycles. The molecule has 3 heterocycles. The third-order valence-corrected chi connectivity index (χ3v) is 7.00. The molecule has 2 atom stereocenters. The van der Waals surface area contributed by atoms with Gasteiger partial charge in [0.15, 0.2) is 5.78 Å². The number of rotatable bonds is 4. The second kappa shape index (κ2) is 7.73. The summed E-state index contributed by atoms with van der Waals surface area (Å²) in [5.41, 5.74) is 2.94. The van der Waals surface area contributed by atoms with Gasteiger partial charge in [0.05, 0.1) is 17.6 Å². The first kappa shape index (κ1) is 20.4. The molecule has 1 N–H and O–H groups in total. The first-order chi connectivity index (χ1) is 13.7. The lowest BCUT2D eigenvalue weighted by Gasteiger charge is -2.39. The molecule has 2 aliphatic heterocycles. The predicted molar refractivity (Wildman–Crippen MR) is 113 cm³/mol. The molecule has 5 nitrogen and oxygen atoms in total. The fourth-order valence-corrected chi connectivity index (χ4v) is 5.62. The second-order valence-electron chi connectivity index (χ2n) is 9.11. The summed E-state index contributed by atoms with van der Waals surface area (Å²) in [6.07, 6.45) is 3.19. The van der Waals surface area contributed by atoms with Crippen molar-refractivity contribution in [2.75, 3.05) is 13.2 Å². The summed E-state index contributed by atoms with van der Waals surface area (Å²) < 4.78 is 11.2. The first-order valence-electron chi connectivity index (χ1n) is 10.3. The van der Waals surface area contributed by atoms with Crippen LogP contribution < -0.4 is 5.32 Å². The molecule has 1 aliphatic carbocycles. The largest absolute Gasteiger partial charge is 0.459 e. The highest BCUT2D eigenvalue weighted by Crippen LogP contribution is 2.48. The molecule has 156 valence electrons. The summed E-state index contributed by atoms with van der Waals surface area (Å²) in [5, 5.41) is 3.38. The molecule has 0 radical (unpaired) electrons. The van der Waals surface area contributed by atoms with Crippen molar-refractivity contribution in [3.8, 4) is 0 Å². The van der Waals surface area contributed by atoms with Gasteiger partial charge in [0.2, 0.25) is 0 Å². The Morgan fingerprint density at radius 2 is 2.10 bits per heavy atom. The van der Waals surface area contributed by atoms with Gasteiger partial charge in [0.25, 0.3) is 0 Å². The maximum Gasteiger partial charge on any atom is 0.336 e. The average Bonchev–Trinajstić information content (AvgIpc) is 3.28. The Morgan fingerprint density at radius 1 is 1.31 bits per heavy atom. The number of thiophene rings is 1. The number of hydrogen-bond donors (Lipinski definition) is 1. The lowest BCUT2D eigenvalue weighted by atomic mass is 9.70. The van der Waals surface area contributed by atoms with Crippen molar-refractivity contribution in [2.45, 2.75) is 65.4 Å². The van der Waals surface area contributed by atoms with E-state index in [2.05, 4.69) is 19.2 Å². The third kappa shape index (κ3) is 4.05. The molecule has 1 aromatic heterocycles. The van der Waals surface area contributed by atoms with E-state index in [4.69, 9.17) is 9.47 Å². The van der Waals surface area contributed by atoms with E-state index in [0.29, 0.717) is 12.0 Å². The molecule has 6 heteroatoms. The maximum absolute atomic E-state index is 13.2. The zero-order valence-corrected chi connectivity index (χ0v) is 18.4. The van der Waals surface area contributed by atoms with E-state index >= 15 is 0 Å². The highest BCUT2D eigenvalue weighted by Gasteiger charge is 2.43. The molecule has 1 aromatic rings. The zero-order chi connectivity index (χ0) is 20.8. The molecule has 0 aromatic carbocycles. The molecular formula is C23H29NO4S. The van der Waals surface area contributed by atoms with Gasteiger partial charge in [0.1, 0.15) is 6.61 Å². The number of Topliss-reactive ketones (excluding diaryl/α,β-unsaturated/α-hetero) is 1. The van der Waals surface area contributed by atoms with Gasteiger partial charge in [-0.1, -0.05) is 13.8 Å². The molecule has 0 bridgehead atoms. The summed E-state index contributed by atoms with van der Waals surface area (Å²) >= 11 is 1.64. The molecule has 29 heavy (non-hydrogen) atoms. The minimum atomic E-state index is -0.356. The lowest BCUT2D eigenvalue weighted by Crippen LogP contribution is -2.38. The van der Waals surface area contributed by atoms with Crippen molar-refractivity contribution in [2.24, 2.45) is 5.41 Å². The van der Waals surface area contributed by atoms with Crippen LogP contribution >= 0.6 is 11.3 Å². The number of esters is 1. The van der Waals surface area contributed by atoms with Gasteiger partial charge in [-0.3, -0.25) is 4.79 Å². The van der Waals surface area contributed by atoms with Gasteiger partial charge in [-0.05, 0) is 50.7 Å². The van der Waals surface area contributed by atoms with Gasteiger partial charge >= 0.3 is 5.97 Å². The van der Waals surface area contributed by atoms with Gasteiger partial charge in [-0.15, -0.1) is 11.3 Å². The summed E-state index contributed by atoms with van der Waals surface area (Å²) in [6, 6.07) is 4.08. The lowest BCUT2D eigenvalue weighted by molar-refractivity contribution is -0.142. The quantitative estimate of drug-likeness (QED) is 0.739. The minimum absolute atomic E-state index is 0.0225. The Morgan fingerprint density at radius 3 is 2.76 bits per heavy atom. The van der Waals surface area contributed by atoms with E-state index in [1.165, 1.54) is 0 Å². The van der Waals surface area contributed by atoms with E-state index in [1.54, 1.807) is 11.3 Å². The van der Waals surface area contributed by atoms with Crippen LogP contribution in [0.4, 0.5) is 0 Å². The van der Waals surface area contributed by atoms with Gasteiger partial charge in [-0.2, -0.15) is 0 Å². The van der Waals surface area contributed by atoms with Crippen LogP contribution in [0.15, 0.2) is 34.7 Å². The van der Waals surface area contributed by atoms with Crippen LogP contribution in [-0.4, -0.2) is 31.1 Å². The second-order valence-corrected chi connectivity index (χ2v) is 10.4. The van der Waals surface area contributed by atoms with Crippen LogP contribution in [0.1, 0.15) is 62.1 Å². The fraction of sp³-hybridized carbons (Fsp3) is 0.565. The number of dihydropyridines is 1. The Hall–Kier alpha value is -1.92. The van der Waals surface area contributed by atoms with Crippen molar-refractivity contribution < 1.29 is 19.1 Å². The van der Waals surface area contributed by atoms with Crippen molar-refractivity contribution in [3.63, 3.8) is 0 Å². The van der Waals surface area contributed by atoms with Crippen molar-refractivity contribution in [3.05, 3.63) is 44.4 Å². The fourth-order valence-electron chi connectivity index (χ4n) is 4.62. The molecule has 0 amide bonds. The number of aryl methyl sites for hydroxylation is 1. The van der Waals surface area contributed by atoms with Crippen molar-refractivity contribution >= 4 is 23.1 Å². The SMILES string of the molecule is CC1=C(C(=O)OC[C@H]2CCCO2)[C@@H](c2ccc(C)s2)C2=C(CC(C)(C)CC2=O)N1. The first-order valence-corrected chi connectivity index (χ1v) is 11.2. The molecule has 0 saturated carbocycles. The molecule has 1 fully saturated rings. The summed E-state index contributed by atoms with van der Waals surface area (Å²) in [6.45, 7) is 9.17. The van der Waals surface area contributed by atoms with Crippen LogP contribution in [0.25, 0.3) is 0 Å². The predicted octanol–water partition coefficient (Wildman–Crippen LogP) is 4.38. The summed E-state index contributed by atoms with van der Waals surface area (Å²) in [7, 11) is 0.